The minimum absolute atomic E-state index is 0. The summed E-state index contributed by atoms with van der Waals surface area (Å²) in [6.07, 6.45) is 3.82. The number of likely N-dealkylation sites (N-methyl/N-ethyl adjacent to an activating group) is 1. The highest BCUT2D eigenvalue weighted by molar-refractivity contribution is 5.89. The summed E-state index contributed by atoms with van der Waals surface area (Å²) in [5.41, 5.74) is 5.93. The number of amides is 2. The number of hydrogen-bond acceptors (Lipinski definition) is 4. The monoisotopic (exact) mass is 342 g/mol. The number of hydrogen-bond donors (Lipinski definition) is 2. The lowest BCUT2D eigenvalue weighted by atomic mass is 9.96. The van der Waals surface area contributed by atoms with Gasteiger partial charge in [-0.25, -0.2) is 0 Å². The quantitative estimate of drug-likeness (QED) is 0.741. The Morgan fingerprint density at radius 3 is 2.65 bits per heavy atom. The number of carbonyl (C=O) groups excluding carboxylic acids is 2. The van der Waals surface area contributed by atoms with Crippen LogP contribution in [0.3, 0.4) is 0 Å². The van der Waals surface area contributed by atoms with Gasteiger partial charge in [-0.15, -0.1) is 12.4 Å². The van der Waals surface area contributed by atoms with Crippen LogP contribution < -0.4 is 11.1 Å². The van der Waals surface area contributed by atoms with Crippen LogP contribution in [-0.4, -0.2) is 47.4 Å². The van der Waals surface area contributed by atoms with E-state index in [9.17, 15) is 9.59 Å². The number of pyridine rings is 1. The van der Waals surface area contributed by atoms with Crippen molar-refractivity contribution >= 4 is 24.2 Å². The van der Waals surface area contributed by atoms with Gasteiger partial charge in [0.1, 0.15) is 0 Å². The molecular formula is C16H27ClN4O2. The fraction of sp³-hybridized carbons (Fsp3) is 0.562. The van der Waals surface area contributed by atoms with Gasteiger partial charge >= 0.3 is 0 Å². The molecule has 0 aliphatic rings. The maximum absolute atomic E-state index is 12.0. The van der Waals surface area contributed by atoms with Gasteiger partial charge in [0.2, 0.25) is 11.8 Å². The van der Waals surface area contributed by atoms with Crippen molar-refractivity contribution in [1.82, 2.24) is 15.2 Å². The molecule has 1 aromatic heterocycles. The van der Waals surface area contributed by atoms with E-state index in [-0.39, 0.29) is 30.8 Å². The van der Waals surface area contributed by atoms with Crippen LogP contribution in [0.25, 0.3) is 0 Å². The number of rotatable bonds is 8. The molecule has 7 heteroatoms. The Hall–Kier alpha value is -1.66. The zero-order valence-electron chi connectivity index (χ0n) is 14.0. The third-order valence-electron chi connectivity index (χ3n) is 3.54. The summed E-state index contributed by atoms with van der Waals surface area (Å²) in [5.74, 6) is -0.433. The second-order valence-corrected chi connectivity index (χ2v) is 5.74. The molecule has 1 atom stereocenters. The average molecular weight is 343 g/mol. The Labute approximate surface area is 144 Å². The van der Waals surface area contributed by atoms with Gasteiger partial charge in [0.15, 0.2) is 0 Å². The fourth-order valence-electron chi connectivity index (χ4n) is 2.08. The van der Waals surface area contributed by atoms with Crippen molar-refractivity contribution in [1.29, 1.82) is 0 Å². The van der Waals surface area contributed by atoms with Gasteiger partial charge in [-0.2, -0.15) is 0 Å². The van der Waals surface area contributed by atoms with E-state index in [0.717, 1.165) is 12.1 Å². The molecule has 0 aliphatic heterocycles. The van der Waals surface area contributed by atoms with Crippen molar-refractivity contribution < 1.29 is 9.59 Å². The molecule has 0 aromatic carbocycles. The Balaban J connectivity index is 0.00000484. The first kappa shape index (κ1) is 21.3. The first-order valence-corrected chi connectivity index (χ1v) is 7.58. The molecule has 0 fully saturated rings. The van der Waals surface area contributed by atoms with Gasteiger partial charge in [0.25, 0.3) is 0 Å². The minimum atomic E-state index is -0.929. The van der Waals surface area contributed by atoms with Crippen LogP contribution in [0.15, 0.2) is 24.4 Å². The lowest BCUT2D eigenvalue weighted by Crippen LogP contribution is -2.53. The first-order chi connectivity index (χ1) is 10.4. The number of carbonyl (C=O) groups is 2. The van der Waals surface area contributed by atoms with Crippen molar-refractivity contribution in [2.24, 2.45) is 5.73 Å². The summed E-state index contributed by atoms with van der Waals surface area (Å²) in [6.45, 7) is 4.17. The number of nitrogens with two attached hydrogens (primary N) is 1. The van der Waals surface area contributed by atoms with Crippen LogP contribution in [-0.2, 0) is 16.0 Å². The molecule has 1 unspecified atom stereocenters. The second kappa shape index (κ2) is 10.2. The van der Waals surface area contributed by atoms with E-state index in [1.165, 1.54) is 0 Å². The molecule has 1 rings (SSSR count). The Kier molecular flexibility index (Phi) is 9.44. The second-order valence-electron chi connectivity index (χ2n) is 5.74. The van der Waals surface area contributed by atoms with Gasteiger partial charge in [-0.3, -0.25) is 14.6 Å². The molecule has 130 valence electrons. The van der Waals surface area contributed by atoms with Crippen LogP contribution in [0.4, 0.5) is 0 Å². The highest BCUT2D eigenvalue weighted by atomic mass is 35.5. The molecule has 6 nitrogen and oxygen atoms in total. The Bertz CT molecular complexity index is 494. The number of nitrogens with zero attached hydrogens (tertiary/aromatic N) is 2. The summed E-state index contributed by atoms with van der Waals surface area (Å²) in [4.78, 5) is 29.7. The van der Waals surface area contributed by atoms with E-state index >= 15 is 0 Å². The predicted molar refractivity (Wildman–Crippen MR) is 93.3 cm³/mol. The standard InChI is InChI=1S/C16H26N4O2.ClH/c1-4-9-16(2,17)15(22)19-12-14(21)20(3)11-8-13-7-5-6-10-18-13;/h5-7,10H,4,8-9,11-12,17H2,1-3H3,(H,19,22);1H. The molecule has 0 aliphatic carbocycles. The van der Waals surface area contributed by atoms with E-state index in [2.05, 4.69) is 10.3 Å². The van der Waals surface area contributed by atoms with Gasteiger partial charge in [0.05, 0.1) is 12.1 Å². The van der Waals surface area contributed by atoms with E-state index in [1.54, 1.807) is 25.1 Å². The van der Waals surface area contributed by atoms with Crippen molar-refractivity contribution in [3.8, 4) is 0 Å². The first-order valence-electron chi connectivity index (χ1n) is 7.58. The van der Waals surface area contributed by atoms with Crippen molar-refractivity contribution in [2.75, 3.05) is 20.1 Å². The van der Waals surface area contributed by atoms with E-state index in [0.29, 0.717) is 19.4 Å². The predicted octanol–water partition coefficient (Wildman–Crippen LogP) is 1.14. The zero-order chi connectivity index (χ0) is 16.6. The van der Waals surface area contributed by atoms with Gasteiger partial charge in [-0.05, 0) is 25.5 Å². The highest BCUT2D eigenvalue weighted by Gasteiger charge is 2.27. The van der Waals surface area contributed by atoms with Gasteiger partial charge in [-0.1, -0.05) is 19.4 Å². The lowest BCUT2D eigenvalue weighted by molar-refractivity contribution is -0.133. The Morgan fingerprint density at radius 2 is 2.09 bits per heavy atom. The number of nitrogens with one attached hydrogen (secondary N) is 1. The molecule has 2 amide bonds. The molecule has 0 bridgehead atoms. The molecule has 1 aromatic rings. The maximum atomic E-state index is 12.0. The minimum Gasteiger partial charge on any atom is -0.345 e. The van der Waals surface area contributed by atoms with E-state index in [4.69, 9.17) is 5.73 Å². The van der Waals surface area contributed by atoms with Crippen molar-refractivity contribution in [3.05, 3.63) is 30.1 Å². The zero-order valence-corrected chi connectivity index (χ0v) is 14.9. The number of halogens is 1. The van der Waals surface area contributed by atoms with Crippen LogP contribution >= 0.6 is 12.4 Å². The molecule has 0 spiro atoms. The molecule has 0 saturated heterocycles. The van der Waals surface area contributed by atoms with Crippen LogP contribution in [0.2, 0.25) is 0 Å². The van der Waals surface area contributed by atoms with Crippen molar-refractivity contribution in [2.45, 2.75) is 38.6 Å². The normalized spacial score (nSPS) is 12.7. The van der Waals surface area contributed by atoms with Crippen LogP contribution in [0.1, 0.15) is 32.4 Å². The molecular weight excluding hydrogens is 316 g/mol. The topological polar surface area (TPSA) is 88.3 Å². The number of aromatic nitrogens is 1. The average Bonchev–Trinajstić information content (AvgIpc) is 2.50. The third kappa shape index (κ3) is 7.43. The molecule has 3 N–H and O–H groups in total. The van der Waals surface area contributed by atoms with E-state index in [1.807, 2.05) is 25.1 Å². The molecule has 1 heterocycles. The summed E-state index contributed by atoms with van der Waals surface area (Å²) >= 11 is 0. The largest absolute Gasteiger partial charge is 0.345 e. The fourth-order valence-corrected chi connectivity index (χ4v) is 2.08. The lowest BCUT2D eigenvalue weighted by Gasteiger charge is -2.24. The van der Waals surface area contributed by atoms with Crippen LogP contribution in [0, 0.1) is 0 Å². The molecule has 0 radical (unpaired) electrons. The summed E-state index contributed by atoms with van der Waals surface area (Å²) < 4.78 is 0. The third-order valence-corrected chi connectivity index (χ3v) is 3.54. The summed E-state index contributed by atoms with van der Waals surface area (Å²) in [6, 6.07) is 5.69. The smallest absolute Gasteiger partial charge is 0.241 e. The summed E-state index contributed by atoms with van der Waals surface area (Å²) in [5, 5.41) is 2.62. The highest BCUT2D eigenvalue weighted by Crippen LogP contribution is 2.08. The molecule has 23 heavy (non-hydrogen) atoms. The Morgan fingerprint density at radius 1 is 1.39 bits per heavy atom. The van der Waals surface area contributed by atoms with Crippen molar-refractivity contribution in [3.63, 3.8) is 0 Å². The SMILES string of the molecule is CCCC(C)(N)C(=O)NCC(=O)N(C)CCc1ccccn1.Cl. The molecule has 0 saturated carbocycles. The van der Waals surface area contributed by atoms with E-state index < -0.39 is 5.54 Å². The van der Waals surface area contributed by atoms with Crippen LogP contribution in [0.5, 0.6) is 0 Å². The van der Waals surface area contributed by atoms with Gasteiger partial charge in [0, 0.05) is 31.9 Å². The maximum Gasteiger partial charge on any atom is 0.241 e. The van der Waals surface area contributed by atoms with Gasteiger partial charge < -0.3 is 16.0 Å². The summed E-state index contributed by atoms with van der Waals surface area (Å²) in [7, 11) is 1.71.